The van der Waals surface area contributed by atoms with Gasteiger partial charge in [0.25, 0.3) is 5.91 Å². The van der Waals surface area contributed by atoms with Crippen LogP contribution in [0.15, 0.2) is 34.9 Å². The number of halogens is 1. The molecule has 0 unspecified atom stereocenters. The van der Waals surface area contributed by atoms with E-state index in [-0.39, 0.29) is 23.5 Å². The van der Waals surface area contributed by atoms with E-state index in [0.29, 0.717) is 37.2 Å². The van der Waals surface area contributed by atoms with Gasteiger partial charge in [-0.3, -0.25) is 9.59 Å². The quantitative estimate of drug-likeness (QED) is 0.836. The molecule has 8 heteroatoms. The summed E-state index contributed by atoms with van der Waals surface area (Å²) in [5, 5.41) is 17.0. The highest BCUT2D eigenvalue weighted by Crippen LogP contribution is 2.22. The van der Waals surface area contributed by atoms with Crippen molar-refractivity contribution in [3.63, 3.8) is 0 Å². The van der Waals surface area contributed by atoms with Gasteiger partial charge in [0.2, 0.25) is 11.7 Å². The molecule has 28 heavy (non-hydrogen) atoms. The topological polar surface area (TPSA) is 95.7 Å². The van der Waals surface area contributed by atoms with Gasteiger partial charge < -0.3 is 19.8 Å². The fourth-order valence-electron chi connectivity index (χ4n) is 3.12. The zero-order chi connectivity index (χ0) is 20.3. The van der Waals surface area contributed by atoms with Crippen molar-refractivity contribution in [3.8, 4) is 11.3 Å². The molecule has 1 aliphatic heterocycles. The Labute approximate surface area is 162 Å². The molecular weight excluding hydrogens is 365 g/mol. The number of nitrogens with zero attached hydrogens (tertiary/aromatic N) is 2. The van der Waals surface area contributed by atoms with E-state index in [1.54, 1.807) is 30.9 Å². The van der Waals surface area contributed by atoms with E-state index >= 15 is 0 Å². The first kappa shape index (κ1) is 20.0. The fourth-order valence-corrected chi connectivity index (χ4v) is 3.12. The minimum atomic E-state index is -0.724. The molecule has 7 nitrogen and oxygen atoms in total. The van der Waals surface area contributed by atoms with Gasteiger partial charge in [0, 0.05) is 30.6 Å². The van der Waals surface area contributed by atoms with Gasteiger partial charge in [0.05, 0.1) is 12.1 Å². The van der Waals surface area contributed by atoms with Crippen LogP contribution in [0.5, 0.6) is 0 Å². The molecule has 0 spiro atoms. The van der Waals surface area contributed by atoms with E-state index in [9.17, 15) is 19.1 Å². The van der Waals surface area contributed by atoms with E-state index in [2.05, 4.69) is 10.5 Å². The zero-order valence-corrected chi connectivity index (χ0v) is 15.9. The van der Waals surface area contributed by atoms with Gasteiger partial charge in [0.15, 0.2) is 0 Å². The van der Waals surface area contributed by atoms with Crippen molar-refractivity contribution >= 4 is 11.8 Å². The molecule has 2 aromatic rings. The maximum atomic E-state index is 13.4. The van der Waals surface area contributed by atoms with Gasteiger partial charge in [-0.15, -0.1) is 0 Å². The highest BCUT2D eigenvalue weighted by Gasteiger charge is 2.30. The van der Waals surface area contributed by atoms with Gasteiger partial charge in [-0.1, -0.05) is 31.1 Å². The summed E-state index contributed by atoms with van der Waals surface area (Å²) in [6.07, 6.45) is 0.0636. The van der Waals surface area contributed by atoms with E-state index < -0.39 is 18.0 Å². The molecule has 1 saturated heterocycles. The molecule has 1 aromatic heterocycles. The number of aliphatic hydroxyl groups is 1. The SMILES string of the molecule is CC(C)C(=O)N[C@H]1CCN(C(=O)c2cc(-c3cccc(F)c3)no2)CC[C@@H]1O. The number of carbonyl (C=O) groups is 2. The lowest BCUT2D eigenvalue weighted by atomic mass is 10.1. The van der Waals surface area contributed by atoms with E-state index in [1.807, 2.05) is 0 Å². The largest absolute Gasteiger partial charge is 0.391 e. The van der Waals surface area contributed by atoms with Crippen molar-refractivity contribution in [1.29, 1.82) is 0 Å². The lowest BCUT2D eigenvalue weighted by Crippen LogP contribution is -2.44. The summed E-state index contributed by atoms with van der Waals surface area (Å²) in [6, 6.07) is 6.96. The third-order valence-corrected chi connectivity index (χ3v) is 4.85. The number of nitrogens with one attached hydrogen (secondary N) is 1. The minimum Gasteiger partial charge on any atom is -0.391 e. The molecule has 1 aliphatic rings. The van der Waals surface area contributed by atoms with Crippen molar-refractivity contribution in [1.82, 2.24) is 15.4 Å². The molecule has 2 amide bonds. The smallest absolute Gasteiger partial charge is 0.292 e. The van der Waals surface area contributed by atoms with Crippen molar-refractivity contribution in [2.24, 2.45) is 5.92 Å². The molecule has 2 heterocycles. The minimum absolute atomic E-state index is 0.0541. The Morgan fingerprint density at radius 3 is 2.75 bits per heavy atom. The average Bonchev–Trinajstić information content (AvgIpc) is 3.09. The summed E-state index contributed by atoms with van der Waals surface area (Å²) < 4.78 is 18.5. The first-order valence-electron chi connectivity index (χ1n) is 9.35. The van der Waals surface area contributed by atoms with Crippen LogP contribution in [0.4, 0.5) is 4.39 Å². The Bertz CT molecular complexity index is 851. The molecule has 2 atom stereocenters. The molecule has 0 aliphatic carbocycles. The van der Waals surface area contributed by atoms with Crippen LogP contribution in [0.1, 0.15) is 37.2 Å². The Balaban J connectivity index is 1.67. The number of likely N-dealkylation sites (tertiary alicyclic amines) is 1. The van der Waals surface area contributed by atoms with Crippen LogP contribution in [0.2, 0.25) is 0 Å². The summed E-state index contributed by atoms with van der Waals surface area (Å²) in [5.74, 6) is -0.997. The van der Waals surface area contributed by atoms with Crippen molar-refractivity contribution in [3.05, 3.63) is 41.9 Å². The molecule has 3 rings (SSSR count). The second-order valence-electron chi connectivity index (χ2n) is 7.29. The molecule has 0 bridgehead atoms. The fraction of sp³-hybridized carbons (Fsp3) is 0.450. The predicted molar refractivity (Wildman–Crippen MR) is 99.8 cm³/mol. The summed E-state index contributed by atoms with van der Waals surface area (Å²) in [6.45, 7) is 4.28. The summed E-state index contributed by atoms with van der Waals surface area (Å²) in [4.78, 5) is 26.2. The second kappa shape index (κ2) is 8.52. The van der Waals surface area contributed by atoms with Crippen LogP contribution in [-0.4, -0.2) is 52.2 Å². The number of rotatable bonds is 4. The highest BCUT2D eigenvalue weighted by atomic mass is 19.1. The normalized spacial score (nSPS) is 20.1. The monoisotopic (exact) mass is 389 g/mol. The van der Waals surface area contributed by atoms with E-state index in [0.717, 1.165) is 0 Å². The van der Waals surface area contributed by atoms with Crippen LogP contribution in [0.3, 0.4) is 0 Å². The summed E-state index contributed by atoms with van der Waals surface area (Å²) in [7, 11) is 0. The first-order valence-corrected chi connectivity index (χ1v) is 9.35. The molecular formula is C20H24FN3O4. The maximum absolute atomic E-state index is 13.4. The van der Waals surface area contributed by atoms with Gasteiger partial charge in [-0.05, 0) is 25.0 Å². The van der Waals surface area contributed by atoms with Crippen LogP contribution in [-0.2, 0) is 4.79 Å². The number of hydrogen-bond acceptors (Lipinski definition) is 5. The van der Waals surface area contributed by atoms with Gasteiger partial charge in [-0.25, -0.2) is 4.39 Å². The lowest BCUT2D eigenvalue weighted by molar-refractivity contribution is -0.125. The van der Waals surface area contributed by atoms with Gasteiger partial charge >= 0.3 is 0 Å². The van der Waals surface area contributed by atoms with Crippen LogP contribution in [0.25, 0.3) is 11.3 Å². The number of carbonyl (C=O) groups excluding carboxylic acids is 2. The maximum Gasteiger partial charge on any atom is 0.292 e. The third-order valence-electron chi connectivity index (χ3n) is 4.85. The Morgan fingerprint density at radius 2 is 2.04 bits per heavy atom. The van der Waals surface area contributed by atoms with Gasteiger partial charge in [-0.2, -0.15) is 0 Å². The molecule has 1 aromatic carbocycles. The van der Waals surface area contributed by atoms with Crippen molar-refractivity contribution in [2.45, 2.75) is 38.8 Å². The van der Waals surface area contributed by atoms with Crippen LogP contribution < -0.4 is 5.32 Å². The first-order chi connectivity index (χ1) is 13.3. The van der Waals surface area contributed by atoms with Crippen molar-refractivity contribution in [2.75, 3.05) is 13.1 Å². The number of benzene rings is 1. The van der Waals surface area contributed by atoms with Gasteiger partial charge in [0.1, 0.15) is 11.5 Å². The number of hydrogen-bond donors (Lipinski definition) is 2. The second-order valence-corrected chi connectivity index (χ2v) is 7.29. The highest BCUT2D eigenvalue weighted by molar-refractivity contribution is 5.92. The number of amides is 2. The van der Waals surface area contributed by atoms with E-state index in [4.69, 9.17) is 4.52 Å². The Kier molecular flexibility index (Phi) is 6.08. The molecule has 2 N–H and O–H groups in total. The Morgan fingerprint density at radius 1 is 1.29 bits per heavy atom. The molecule has 0 saturated carbocycles. The van der Waals surface area contributed by atoms with Crippen LogP contribution >= 0.6 is 0 Å². The molecule has 150 valence electrons. The average molecular weight is 389 g/mol. The number of aliphatic hydroxyl groups excluding tert-OH is 1. The van der Waals surface area contributed by atoms with Crippen molar-refractivity contribution < 1.29 is 23.6 Å². The zero-order valence-electron chi connectivity index (χ0n) is 15.9. The standard InChI is InChI=1S/C20H24FN3O4/c1-12(2)19(26)22-15-6-8-24(9-7-17(15)25)20(27)18-11-16(23-28-18)13-4-3-5-14(21)10-13/h3-5,10-12,15,17,25H,6-9H2,1-2H3,(H,22,26)/t15-,17-/m0/s1. The summed E-state index contributed by atoms with van der Waals surface area (Å²) in [5.41, 5.74) is 0.894. The number of aromatic nitrogens is 1. The molecule has 1 fully saturated rings. The predicted octanol–water partition coefficient (Wildman–Crippen LogP) is 2.22. The molecule has 0 radical (unpaired) electrons. The third kappa shape index (κ3) is 4.56. The van der Waals surface area contributed by atoms with Crippen LogP contribution in [0, 0.1) is 11.7 Å². The Hall–Kier alpha value is -2.74. The summed E-state index contributed by atoms with van der Waals surface area (Å²) >= 11 is 0. The lowest BCUT2D eigenvalue weighted by Gasteiger charge is -2.22. The van der Waals surface area contributed by atoms with E-state index in [1.165, 1.54) is 18.2 Å².